The van der Waals surface area contributed by atoms with Crippen LogP contribution in [0.25, 0.3) is 0 Å². The maximum Gasteiger partial charge on any atom is 0.235 e. The Balaban J connectivity index is 1.32. The zero-order chi connectivity index (χ0) is 24.6. The summed E-state index contributed by atoms with van der Waals surface area (Å²) in [6.45, 7) is 10.4. The van der Waals surface area contributed by atoms with Crippen molar-refractivity contribution in [1.82, 2.24) is 19.7 Å². The maximum atomic E-state index is 13.2. The van der Waals surface area contributed by atoms with E-state index in [4.69, 9.17) is 4.74 Å². The van der Waals surface area contributed by atoms with Crippen LogP contribution in [0.5, 0.6) is 5.75 Å². The molecule has 184 valence electrons. The first-order valence-electron chi connectivity index (χ1n) is 12.2. The lowest BCUT2D eigenvalue weighted by molar-refractivity contribution is -0.131. The molecule has 0 aliphatic carbocycles. The number of aromatic nitrogens is 3. The smallest absolute Gasteiger partial charge is 0.235 e. The largest absolute Gasteiger partial charge is 0.486 e. The van der Waals surface area contributed by atoms with Crippen molar-refractivity contribution < 1.29 is 9.53 Å². The van der Waals surface area contributed by atoms with Crippen LogP contribution in [0, 0.1) is 12.8 Å². The van der Waals surface area contributed by atoms with Gasteiger partial charge in [-0.15, -0.1) is 16.8 Å². The lowest BCUT2D eigenvalue weighted by atomic mass is 9.90. The van der Waals surface area contributed by atoms with Crippen molar-refractivity contribution in [1.29, 1.82) is 0 Å². The number of piperidine rings is 1. The number of rotatable bonds is 10. The zero-order valence-corrected chi connectivity index (χ0v) is 21.4. The van der Waals surface area contributed by atoms with Crippen molar-refractivity contribution in [2.24, 2.45) is 5.92 Å². The monoisotopic (exact) mass is 490 g/mol. The quantitative estimate of drug-likeness (QED) is 0.285. The number of amides is 1. The van der Waals surface area contributed by atoms with E-state index >= 15 is 0 Å². The van der Waals surface area contributed by atoms with Gasteiger partial charge in [0.25, 0.3) is 0 Å². The molecule has 3 aromatic rings. The van der Waals surface area contributed by atoms with Crippen LogP contribution in [0.4, 0.5) is 0 Å². The molecule has 1 aliphatic rings. The van der Waals surface area contributed by atoms with E-state index in [0.717, 1.165) is 49.5 Å². The fourth-order valence-corrected chi connectivity index (χ4v) is 5.41. The number of carbonyl (C=O) groups excluding carboxylic acids is 1. The van der Waals surface area contributed by atoms with Gasteiger partial charge in [-0.3, -0.25) is 9.36 Å². The number of ether oxygens (including phenoxy) is 1. The van der Waals surface area contributed by atoms with Crippen LogP contribution in [0.3, 0.4) is 0 Å². The Hall–Kier alpha value is -3.06. The lowest BCUT2D eigenvalue weighted by Crippen LogP contribution is -2.42. The van der Waals surface area contributed by atoms with Gasteiger partial charge < -0.3 is 9.64 Å². The summed E-state index contributed by atoms with van der Waals surface area (Å²) in [7, 11) is 0. The third kappa shape index (κ3) is 6.75. The van der Waals surface area contributed by atoms with Crippen LogP contribution >= 0.6 is 11.8 Å². The Morgan fingerprint density at radius 2 is 1.94 bits per heavy atom. The first-order chi connectivity index (χ1) is 17.0. The van der Waals surface area contributed by atoms with E-state index in [1.54, 1.807) is 0 Å². The molecule has 0 N–H and O–H groups in total. The van der Waals surface area contributed by atoms with Crippen LogP contribution in [0.2, 0.25) is 0 Å². The van der Waals surface area contributed by atoms with Crippen LogP contribution < -0.4 is 4.74 Å². The van der Waals surface area contributed by atoms with Gasteiger partial charge >= 0.3 is 0 Å². The summed E-state index contributed by atoms with van der Waals surface area (Å²) in [6, 6.07) is 18.6. The van der Waals surface area contributed by atoms with Gasteiger partial charge in [-0.1, -0.05) is 60.3 Å². The molecule has 1 atom stereocenters. The Labute approximate surface area is 212 Å². The standard InChI is InChI=1S/C28H34N4O2S/c1-4-15-32-26(20-34-25-12-8-9-21(2)18-25)29-30-28(32)35-22(3)27(33)31-16-13-24(14-17-31)19-23-10-6-5-7-11-23/h4-12,18,22,24H,1,13-17,19-20H2,2-3H3. The minimum Gasteiger partial charge on any atom is -0.486 e. The van der Waals surface area contributed by atoms with Gasteiger partial charge in [-0.05, 0) is 62.3 Å². The number of carbonyl (C=O) groups is 1. The summed E-state index contributed by atoms with van der Waals surface area (Å²) in [5.41, 5.74) is 2.52. The molecule has 1 aliphatic heterocycles. The lowest BCUT2D eigenvalue weighted by Gasteiger charge is -2.33. The molecule has 1 fully saturated rings. The Bertz CT molecular complexity index is 1120. The number of likely N-dealkylation sites (tertiary alicyclic amines) is 1. The molecule has 2 aromatic carbocycles. The first-order valence-corrected chi connectivity index (χ1v) is 13.1. The first kappa shape index (κ1) is 25.0. The number of hydrogen-bond donors (Lipinski definition) is 0. The van der Waals surface area contributed by atoms with Gasteiger partial charge in [0.2, 0.25) is 5.91 Å². The van der Waals surface area contributed by atoms with E-state index in [2.05, 4.69) is 47.1 Å². The van der Waals surface area contributed by atoms with Crippen molar-refractivity contribution in [2.75, 3.05) is 13.1 Å². The molecule has 6 nitrogen and oxygen atoms in total. The second-order valence-electron chi connectivity index (χ2n) is 9.12. The van der Waals surface area contributed by atoms with E-state index in [9.17, 15) is 4.79 Å². The highest BCUT2D eigenvalue weighted by atomic mass is 32.2. The topological polar surface area (TPSA) is 60.2 Å². The molecule has 0 bridgehead atoms. The molecule has 7 heteroatoms. The molecule has 1 saturated heterocycles. The van der Waals surface area contributed by atoms with E-state index in [1.165, 1.54) is 17.3 Å². The van der Waals surface area contributed by atoms with E-state index in [-0.39, 0.29) is 11.2 Å². The number of hydrogen-bond acceptors (Lipinski definition) is 5. The van der Waals surface area contributed by atoms with Crippen LogP contribution in [0.1, 0.15) is 36.7 Å². The Kier molecular flexibility index (Phi) is 8.64. The number of allylic oxidation sites excluding steroid dienone is 1. The fourth-order valence-electron chi connectivity index (χ4n) is 4.45. The number of thioether (sulfide) groups is 1. The van der Waals surface area contributed by atoms with Gasteiger partial charge in [0.15, 0.2) is 11.0 Å². The van der Waals surface area contributed by atoms with Gasteiger partial charge in [-0.25, -0.2) is 0 Å². The highest BCUT2D eigenvalue weighted by Crippen LogP contribution is 2.27. The molecule has 4 rings (SSSR count). The van der Waals surface area contributed by atoms with Crippen LogP contribution in [0.15, 0.2) is 72.4 Å². The maximum absolute atomic E-state index is 13.2. The average molecular weight is 491 g/mol. The average Bonchev–Trinajstić information content (AvgIpc) is 3.24. The zero-order valence-electron chi connectivity index (χ0n) is 20.6. The molecule has 0 saturated carbocycles. The van der Waals surface area contributed by atoms with Crippen molar-refractivity contribution in [3.05, 3.63) is 84.2 Å². The molecule has 0 radical (unpaired) electrons. The van der Waals surface area contributed by atoms with Gasteiger partial charge in [0.1, 0.15) is 12.4 Å². The van der Waals surface area contributed by atoms with Gasteiger partial charge in [0, 0.05) is 19.6 Å². The molecular weight excluding hydrogens is 456 g/mol. The predicted molar refractivity (Wildman–Crippen MR) is 140 cm³/mol. The summed E-state index contributed by atoms with van der Waals surface area (Å²) >= 11 is 1.46. The van der Waals surface area contributed by atoms with Crippen LogP contribution in [-0.2, 0) is 24.4 Å². The Morgan fingerprint density at radius 1 is 1.17 bits per heavy atom. The minimum atomic E-state index is -0.237. The second kappa shape index (κ2) is 12.1. The number of aryl methyl sites for hydroxylation is 1. The van der Waals surface area contributed by atoms with E-state index < -0.39 is 0 Å². The fraction of sp³-hybridized carbons (Fsp3) is 0.393. The molecule has 35 heavy (non-hydrogen) atoms. The SMILES string of the molecule is C=CCn1c(COc2cccc(C)c2)nnc1SC(C)C(=O)N1CCC(Cc2ccccc2)CC1. The van der Waals surface area contributed by atoms with Crippen molar-refractivity contribution >= 4 is 17.7 Å². The Morgan fingerprint density at radius 3 is 2.66 bits per heavy atom. The van der Waals surface area contributed by atoms with E-state index in [0.29, 0.717) is 24.2 Å². The van der Waals surface area contributed by atoms with Gasteiger partial charge in [0.05, 0.1) is 5.25 Å². The third-order valence-electron chi connectivity index (χ3n) is 6.39. The summed E-state index contributed by atoms with van der Waals surface area (Å²) < 4.78 is 7.91. The van der Waals surface area contributed by atoms with Gasteiger partial charge in [-0.2, -0.15) is 0 Å². The van der Waals surface area contributed by atoms with Crippen LogP contribution in [-0.4, -0.2) is 43.9 Å². The molecule has 2 heterocycles. The third-order valence-corrected chi connectivity index (χ3v) is 7.45. The second-order valence-corrected chi connectivity index (χ2v) is 10.4. The molecule has 1 unspecified atom stereocenters. The molecular formula is C28H34N4O2S. The summed E-state index contributed by atoms with van der Waals surface area (Å²) in [4.78, 5) is 15.2. The summed E-state index contributed by atoms with van der Waals surface area (Å²) in [5, 5.41) is 9.19. The van der Waals surface area contributed by atoms with Crippen molar-refractivity contribution in [3.8, 4) is 5.75 Å². The molecule has 1 amide bonds. The molecule has 1 aromatic heterocycles. The summed E-state index contributed by atoms with van der Waals surface area (Å²) in [5.74, 6) is 2.32. The summed E-state index contributed by atoms with van der Waals surface area (Å²) in [6.07, 6.45) is 5.00. The number of nitrogens with zero attached hydrogens (tertiary/aromatic N) is 4. The normalized spacial score (nSPS) is 15.1. The van der Waals surface area contributed by atoms with Crippen molar-refractivity contribution in [3.63, 3.8) is 0 Å². The highest BCUT2D eigenvalue weighted by Gasteiger charge is 2.28. The molecule has 0 spiro atoms. The highest BCUT2D eigenvalue weighted by molar-refractivity contribution is 8.00. The predicted octanol–water partition coefficient (Wildman–Crippen LogP) is 5.31. The van der Waals surface area contributed by atoms with Crippen molar-refractivity contribution in [2.45, 2.75) is 56.7 Å². The minimum absolute atomic E-state index is 0.166. The van der Waals surface area contributed by atoms with E-state index in [1.807, 2.05) is 53.7 Å². The number of benzene rings is 2.